The topological polar surface area (TPSA) is 15.3 Å². The Kier molecular flexibility index (Phi) is 2.94. The first kappa shape index (κ1) is 11.5. The lowest BCUT2D eigenvalue weighted by molar-refractivity contribution is 0.502. The maximum atomic E-state index is 3.49. The predicted octanol–water partition coefficient (Wildman–Crippen LogP) is 2.70. The molecule has 88 valence electrons. The average Bonchev–Trinajstić information content (AvgIpc) is 2.38. The molecule has 1 aliphatic heterocycles. The fourth-order valence-electron chi connectivity index (χ4n) is 2.35. The summed E-state index contributed by atoms with van der Waals surface area (Å²) in [5.74, 6) is 0. The molecule has 0 fully saturated rings. The molecule has 0 saturated carbocycles. The summed E-state index contributed by atoms with van der Waals surface area (Å²) in [7, 11) is 0. The summed E-state index contributed by atoms with van der Waals surface area (Å²) < 4.78 is 0. The van der Waals surface area contributed by atoms with E-state index in [4.69, 9.17) is 0 Å². The standard InChI is InChI=1S/C14H22N2/c1-11-5-6-13-12(9-11)10-15-7-8-16(13)14(2,3)4/h5-6,9,15H,7-8,10H2,1-4H3. The van der Waals surface area contributed by atoms with E-state index in [9.17, 15) is 0 Å². The van der Waals surface area contributed by atoms with E-state index < -0.39 is 0 Å². The first-order chi connectivity index (χ1) is 7.48. The Balaban J connectivity index is 2.45. The average molecular weight is 218 g/mol. The molecule has 0 bridgehead atoms. The van der Waals surface area contributed by atoms with E-state index in [0.29, 0.717) is 0 Å². The van der Waals surface area contributed by atoms with Gasteiger partial charge >= 0.3 is 0 Å². The van der Waals surface area contributed by atoms with E-state index >= 15 is 0 Å². The highest BCUT2D eigenvalue weighted by molar-refractivity contribution is 5.57. The van der Waals surface area contributed by atoms with Crippen molar-refractivity contribution < 1.29 is 0 Å². The summed E-state index contributed by atoms with van der Waals surface area (Å²) in [6.07, 6.45) is 0. The number of anilines is 1. The van der Waals surface area contributed by atoms with E-state index in [1.165, 1.54) is 16.8 Å². The molecule has 0 radical (unpaired) electrons. The van der Waals surface area contributed by atoms with Gasteiger partial charge in [0.05, 0.1) is 0 Å². The van der Waals surface area contributed by atoms with Crippen molar-refractivity contribution in [2.24, 2.45) is 0 Å². The Bertz CT molecular complexity index is 377. The number of hydrogen-bond donors (Lipinski definition) is 1. The van der Waals surface area contributed by atoms with Gasteiger partial charge in [-0.15, -0.1) is 0 Å². The minimum Gasteiger partial charge on any atom is -0.365 e. The monoisotopic (exact) mass is 218 g/mol. The van der Waals surface area contributed by atoms with E-state index in [1.54, 1.807) is 0 Å². The summed E-state index contributed by atoms with van der Waals surface area (Å²) >= 11 is 0. The zero-order valence-electron chi connectivity index (χ0n) is 10.8. The molecular weight excluding hydrogens is 196 g/mol. The van der Waals surface area contributed by atoms with Gasteiger partial charge < -0.3 is 10.2 Å². The minimum atomic E-state index is 0.191. The van der Waals surface area contributed by atoms with Gasteiger partial charge in [0.25, 0.3) is 0 Å². The highest BCUT2D eigenvalue weighted by Gasteiger charge is 2.24. The molecule has 2 nitrogen and oxygen atoms in total. The molecule has 1 aromatic carbocycles. The van der Waals surface area contributed by atoms with Gasteiger partial charge in [0.2, 0.25) is 0 Å². The fraction of sp³-hybridized carbons (Fsp3) is 0.571. The molecule has 1 N–H and O–H groups in total. The van der Waals surface area contributed by atoms with Crippen LogP contribution >= 0.6 is 0 Å². The van der Waals surface area contributed by atoms with Crippen molar-refractivity contribution in [3.63, 3.8) is 0 Å². The first-order valence-corrected chi connectivity index (χ1v) is 6.06. The molecule has 0 aliphatic carbocycles. The molecule has 2 heteroatoms. The normalized spacial score (nSPS) is 16.9. The van der Waals surface area contributed by atoms with Crippen LogP contribution in [0, 0.1) is 6.92 Å². The van der Waals surface area contributed by atoms with Crippen LogP contribution in [0.3, 0.4) is 0 Å². The quantitative estimate of drug-likeness (QED) is 0.720. The van der Waals surface area contributed by atoms with Gasteiger partial charge in [0.15, 0.2) is 0 Å². The number of hydrogen-bond acceptors (Lipinski definition) is 2. The summed E-state index contributed by atoms with van der Waals surface area (Å²) in [4.78, 5) is 2.50. The van der Waals surface area contributed by atoms with Crippen molar-refractivity contribution in [1.29, 1.82) is 0 Å². The molecule has 0 atom stereocenters. The molecule has 0 saturated heterocycles. The van der Waals surface area contributed by atoms with Crippen LogP contribution < -0.4 is 10.2 Å². The van der Waals surface area contributed by atoms with Crippen LogP contribution in [0.5, 0.6) is 0 Å². The van der Waals surface area contributed by atoms with Crippen molar-refractivity contribution in [3.8, 4) is 0 Å². The van der Waals surface area contributed by atoms with Crippen LogP contribution in [-0.2, 0) is 6.54 Å². The lowest BCUT2D eigenvalue weighted by Gasteiger charge is -2.37. The smallest absolute Gasteiger partial charge is 0.0416 e. The zero-order valence-corrected chi connectivity index (χ0v) is 10.8. The molecule has 1 heterocycles. The summed E-state index contributed by atoms with van der Waals surface area (Å²) in [6.45, 7) is 12.1. The number of aryl methyl sites for hydroxylation is 1. The van der Waals surface area contributed by atoms with Gasteiger partial charge in [-0.25, -0.2) is 0 Å². The van der Waals surface area contributed by atoms with Gasteiger partial charge in [0, 0.05) is 30.9 Å². The largest absolute Gasteiger partial charge is 0.365 e. The Labute approximate surface area is 98.7 Å². The Hall–Kier alpha value is -1.02. The second kappa shape index (κ2) is 4.10. The van der Waals surface area contributed by atoms with E-state index in [-0.39, 0.29) is 5.54 Å². The number of benzene rings is 1. The maximum Gasteiger partial charge on any atom is 0.0416 e. The fourth-order valence-corrected chi connectivity index (χ4v) is 2.35. The molecule has 16 heavy (non-hydrogen) atoms. The molecule has 1 aromatic rings. The zero-order chi connectivity index (χ0) is 11.8. The lowest BCUT2D eigenvalue weighted by atomic mass is 10.0. The lowest BCUT2D eigenvalue weighted by Crippen LogP contribution is -2.43. The molecule has 0 amide bonds. The van der Waals surface area contributed by atoms with E-state index in [2.05, 4.69) is 56.1 Å². The van der Waals surface area contributed by atoms with Gasteiger partial charge in [0.1, 0.15) is 0 Å². The Morgan fingerprint density at radius 1 is 1.25 bits per heavy atom. The third kappa shape index (κ3) is 2.22. The predicted molar refractivity (Wildman–Crippen MR) is 70.0 cm³/mol. The molecule has 0 unspecified atom stereocenters. The summed E-state index contributed by atoms with van der Waals surface area (Å²) in [6, 6.07) is 6.78. The van der Waals surface area contributed by atoms with Gasteiger partial charge in [-0.3, -0.25) is 0 Å². The molecule has 0 aromatic heterocycles. The molecular formula is C14H22N2. The van der Waals surface area contributed by atoms with Crippen LogP contribution in [-0.4, -0.2) is 18.6 Å². The van der Waals surface area contributed by atoms with Crippen molar-refractivity contribution in [2.75, 3.05) is 18.0 Å². The second-order valence-corrected chi connectivity index (χ2v) is 5.63. The first-order valence-electron chi connectivity index (χ1n) is 6.06. The number of nitrogens with one attached hydrogen (secondary N) is 1. The number of nitrogens with zero attached hydrogens (tertiary/aromatic N) is 1. The maximum absolute atomic E-state index is 3.49. The number of fused-ring (bicyclic) bond motifs is 1. The molecule has 2 rings (SSSR count). The van der Waals surface area contributed by atoms with Crippen molar-refractivity contribution in [2.45, 2.75) is 39.8 Å². The van der Waals surface area contributed by atoms with Gasteiger partial charge in [-0.1, -0.05) is 17.7 Å². The Morgan fingerprint density at radius 3 is 2.69 bits per heavy atom. The van der Waals surface area contributed by atoms with Crippen molar-refractivity contribution >= 4 is 5.69 Å². The summed E-state index contributed by atoms with van der Waals surface area (Å²) in [5, 5.41) is 3.49. The van der Waals surface area contributed by atoms with Gasteiger partial charge in [-0.05, 0) is 39.3 Å². The van der Waals surface area contributed by atoms with Crippen molar-refractivity contribution in [1.82, 2.24) is 5.32 Å². The Morgan fingerprint density at radius 2 is 2.00 bits per heavy atom. The van der Waals surface area contributed by atoms with Crippen LogP contribution in [0.25, 0.3) is 0 Å². The molecule has 0 spiro atoms. The number of rotatable bonds is 0. The van der Waals surface area contributed by atoms with Crippen molar-refractivity contribution in [3.05, 3.63) is 29.3 Å². The highest BCUT2D eigenvalue weighted by atomic mass is 15.2. The van der Waals surface area contributed by atoms with E-state index in [0.717, 1.165) is 19.6 Å². The van der Waals surface area contributed by atoms with Crippen LogP contribution in [0.1, 0.15) is 31.9 Å². The SMILES string of the molecule is Cc1ccc2c(c1)CNCCN2C(C)(C)C. The van der Waals surface area contributed by atoms with E-state index in [1.807, 2.05) is 0 Å². The highest BCUT2D eigenvalue weighted by Crippen LogP contribution is 2.29. The summed E-state index contributed by atoms with van der Waals surface area (Å²) in [5.41, 5.74) is 4.35. The minimum absolute atomic E-state index is 0.191. The van der Waals surface area contributed by atoms with Crippen LogP contribution in [0.15, 0.2) is 18.2 Å². The third-order valence-electron chi connectivity index (χ3n) is 3.16. The van der Waals surface area contributed by atoms with Crippen LogP contribution in [0.4, 0.5) is 5.69 Å². The third-order valence-corrected chi connectivity index (χ3v) is 3.16. The van der Waals surface area contributed by atoms with Gasteiger partial charge in [-0.2, -0.15) is 0 Å². The van der Waals surface area contributed by atoms with Crippen LogP contribution in [0.2, 0.25) is 0 Å². The molecule has 1 aliphatic rings. The second-order valence-electron chi connectivity index (χ2n) is 5.63.